The van der Waals surface area contributed by atoms with Crippen molar-refractivity contribution in [2.45, 2.75) is 64.7 Å². The summed E-state index contributed by atoms with van der Waals surface area (Å²) in [4.78, 5) is 0. The first-order valence-corrected chi connectivity index (χ1v) is 7.62. The summed E-state index contributed by atoms with van der Waals surface area (Å²) >= 11 is 0. The second kappa shape index (κ2) is 6.64. The number of hydrogen-bond acceptors (Lipinski definition) is 1. The average Bonchev–Trinajstić information content (AvgIpc) is 2.83. The van der Waals surface area contributed by atoms with Gasteiger partial charge in [-0.1, -0.05) is 45.4 Å². The molecule has 1 heteroatoms. The Kier molecular flexibility index (Phi) is 5.15. The molecule has 2 aliphatic carbocycles. The van der Waals surface area contributed by atoms with Gasteiger partial charge in [-0.2, -0.15) is 0 Å². The molecule has 0 saturated heterocycles. The quantitative estimate of drug-likeness (QED) is 0.695. The minimum atomic E-state index is 1.00. The molecule has 2 fully saturated rings. The molecule has 94 valence electrons. The van der Waals surface area contributed by atoms with Gasteiger partial charge in [0.25, 0.3) is 0 Å². The summed E-state index contributed by atoms with van der Waals surface area (Å²) in [5.41, 5.74) is 0. The van der Waals surface area contributed by atoms with Crippen LogP contribution in [0.5, 0.6) is 0 Å². The fraction of sp³-hybridized carbons (Fsp3) is 1.00. The van der Waals surface area contributed by atoms with E-state index in [1.807, 2.05) is 0 Å². The molecule has 0 aromatic carbocycles. The van der Waals surface area contributed by atoms with Crippen LogP contribution in [0.2, 0.25) is 0 Å². The third-order valence-corrected chi connectivity index (χ3v) is 4.81. The third kappa shape index (κ3) is 3.23. The van der Waals surface area contributed by atoms with Crippen LogP contribution < -0.4 is 5.32 Å². The highest BCUT2D eigenvalue weighted by Crippen LogP contribution is 2.42. The summed E-state index contributed by atoms with van der Waals surface area (Å²) in [6.07, 6.45) is 13.4. The first-order valence-electron chi connectivity index (χ1n) is 7.62. The van der Waals surface area contributed by atoms with E-state index in [0.717, 1.165) is 17.8 Å². The lowest BCUT2D eigenvalue weighted by atomic mass is 9.72. The Hall–Kier alpha value is -0.0400. The number of hydrogen-bond donors (Lipinski definition) is 1. The zero-order chi connectivity index (χ0) is 11.2. The maximum Gasteiger partial charge on any atom is -0.00178 e. The highest BCUT2D eigenvalue weighted by molar-refractivity contribution is 4.84. The van der Waals surface area contributed by atoms with E-state index in [2.05, 4.69) is 12.2 Å². The lowest BCUT2D eigenvalue weighted by Gasteiger charge is -2.36. The van der Waals surface area contributed by atoms with Crippen LogP contribution in [0.15, 0.2) is 0 Å². The van der Waals surface area contributed by atoms with Crippen LogP contribution >= 0.6 is 0 Å². The molecule has 1 N–H and O–H groups in total. The predicted octanol–water partition coefficient (Wildman–Crippen LogP) is 3.98. The zero-order valence-corrected chi connectivity index (χ0v) is 11.0. The van der Waals surface area contributed by atoms with Gasteiger partial charge in [-0.05, 0) is 50.1 Å². The van der Waals surface area contributed by atoms with Crippen LogP contribution in [0.1, 0.15) is 64.7 Å². The van der Waals surface area contributed by atoms with Gasteiger partial charge in [0.1, 0.15) is 0 Å². The van der Waals surface area contributed by atoms with E-state index in [9.17, 15) is 0 Å². The zero-order valence-electron chi connectivity index (χ0n) is 11.0. The van der Waals surface area contributed by atoms with Gasteiger partial charge in [0, 0.05) is 0 Å². The van der Waals surface area contributed by atoms with Crippen molar-refractivity contribution >= 4 is 0 Å². The maximum absolute atomic E-state index is 3.66. The van der Waals surface area contributed by atoms with E-state index < -0.39 is 0 Å². The highest BCUT2D eigenvalue weighted by atomic mass is 14.9. The highest BCUT2D eigenvalue weighted by Gasteiger charge is 2.32. The van der Waals surface area contributed by atoms with Crippen molar-refractivity contribution in [1.82, 2.24) is 5.32 Å². The molecular weight excluding hydrogens is 194 g/mol. The summed E-state index contributed by atoms with van der Waals surface area (Å²) in [6, 6.07) is 0. The molecule has 2 aliphatic rings. The van der Waals surface area contributed by atoms with Gasteiger partial charge in [-0.25, -0.2) is 0 Å². The van der Waals surface area contributed by atoms with Gasteiger partial charge in [0.15, 0.2) is 0 Å². The second-order valence-electron chi connectivity index (χ2n) is 5.96. The minimum absolute atomic E-state index is 1.00. The van der Waals surface area contributed by atoms with E-state index >= 15 is 0 Å². The Morgan fingerprint density at radius 2 is 1.62 bits per heavy atom. The van der Waals surface area contributed by atoms with Crippen molar-refractivity contribution < 1.29 is 0 Å². The van der Waals surface area contributed by atoms with E-state index in [0.29, 0.717) is 0 Å². The van der Waals surface area contributed by atoms with E-state index in [1.165, 1.54) is 70.9 Å². The molecule has 0 aliphatic heterocycles. The van der Waals surface area contributed by atoms with Crippen LogP contribution in [-0.2, 0) is 0 Å². The molecule has 0 heterocycles. The van der Waals surface area contributed by atoms with E-state index in [1.54, 1.807) is 0 Å². The van der Waals surface area contributed by atoms with Crippen LogP contribution in [0.25, 0.3) is 0 Å². The summed E-state index contributed by atoms with van der Waals surface area (Å²) in [5.74, 6) is 3.16. The molecule has 2 saturated carbocycles. The Balaban J connectivity index is 1.81. The number of nitrogens with one attached hydrogen (secondary N) is 1. The topological polar surface area (TPSA) is 12.0 Å². The van der Waals surface area contributed by atoms with Crippen LogP contribution in [0.4, 0.5) is 0 Å². The maximum atomic E-state index is 3.66. The standard InChI is InChI=1S/C15H29N/c1-2-11-16-12-14-9-5-6-10-15(14)13-7-3-4-8-13/h13-16H,2-12H2,1H3. The molecular formula is C15H29N. The van der Waals surface area contributed by atoms with E-state index in [4.69, 9.17) is 0 Å². The van der Waals surface area contributed by atoms with Crippen LogP contribution in [-0.4, -0.2) is 13.1 Å². The molecule has 0 bridgehead atoms. The van der Waals surface area contributed by atoms with Crippen molar-refractivity contribution in [3.05, 3.63) is 0 Å². The number of rotatable bonds is 5. The molecule has 2 unspecified atom stereocenters. The smallest absolute Gasteiger partial charge is 0.00178 e. The average molecular weight is 223 g/mol. The lowest BCUT2D eigenvalue weighted by molar-refractivity contribution is 0.159. The molecule has 0 aromatic heterocycles. The van der Waals surface area contributed by atoms with Crippen molar-refractivity contribution in [1.29, 1.82) is 0 Å². The fourth-order valence-electron chi connectivity index (χ4n) is 3.96. The Labute approximate surface area is 101 Å². The summed E-state index contributed by atoms with van der Waals surface area (Å²) in [6.45, 7) is 4.78. The summed E-state index contributed by atoms with van der Waals surface area (Å²) in [5, 5.41) is 3.66. The summed E-state index contributed by atoms with van der Waals surface area (Å²) in [7, 11) is 0. The van der Waals surface area contributed by atoms with Crippen molar-refractivity contribution in [3.8, 4) is 0 Å². The van der Waals surface area contributed by atoms with Crippen LogP contribution in [0, 0.1) is 17.8 Å². The van der Waals surface area contributed by atoms with Crippen molar-refractivity contribution in [3.63, 3.8) is 0 Å². The molecule has 16 heavy (non-hydrogen) atoms. The normalized spacial score (nSPS) is 32.1. The van der Waals surface area contributed by atoms with Gasteiger partial charge < -0.3 is 5.32 Å². The predicted molar refractivity (Wildman–Crippen MR) is 70.6 cm³/mol. The van der Waals surface area contributed by atoms with Crippen molar-refractivity contribution in [2.24, 2.45) is 17.8 Å². The third-order valence-electron chi connectivity index (χ3n) is 4.81. The molecule has 0 radical (unpaired) electrons. The lowest BCUT2D eigenvalue weighted by Crippen LogP contribution is -2.34. The Bertz CT molecular complexity index is 184. The Morgan fingerprint density at radius 1 is 0.938 bits per heavy atom. The largest absolute Gasteiger partial charge is 0.316 e. The minimum Gasteiger partial charge on any atom is -0.316 e. The Morgan fingerprint density at radius 3 is 2.38 bits per heavy atom. The van der Waals surface area contributed by atoms with E-state index in [-0.39, 0.29) is 0 Å². The first-order chi connectivity index (χ1) is 7.92. The van der Waals surface area contributed by atoms with Crippen molar-refractivity contribution in [2.75, 3.05) is 13.1 Å². The molecule has 0 amide bonds. The van der Waals surface area contributed by atoms with Gasteiger partial charge in [-0.3, -0.25) is 0 Å². The van der Waals surface area contributed by atoms with Gasteiger partial charge >= 0.3 is 0 Å². The van der Waals surface area contributed by atoms with Crippen LogP contribution in [0.3, 0.4) is 0 Å². The molecule has 0 spiro atoms. The monoisotopic (exact) mass is 223 g/mol. The molecule has 2 rings (SSSR count). The molecule has 2 atom stereocenters. The van der Waals surface area contributed by atoms with Gasteiger partial charge in [0.2, 0.25) is 0 Å². The van der Waals surface area contributed by atoms with Gasteiger partial charge in [0.05, 0.1) is 0 Å². The SMILES string of the molecule is CCCNCC1CCCCC1C1CCCC1. The molecule has 0 aromatic rings. The first kappa shape index (κ1) is 12.4. The summed E-state index contributed by atoms with van der Waals surface area (Å²) < 4.78 is 0. The second-order valence-corrected chi connectivity index (χ2v) is 5.96. The molecule has 1 nitrogen and oxygen atoms in total. The van der Waals surface area contributed by atoms with Gasteiger partial charge in [-0.15, -0.1) is 0 Å². The fourth-order valence-corrected chi connectivity index (χ4v) is 3.96.